The lowest BCUT2D eigenvalue weighted by atomic mass is 10.3. The van der Waals surface area contributed by atoms with Crippen LogP contribution in [-0.4, -0.2) is 20.7 Å². The highest BCUT2D eigenvalue weighted by molar-refractivity contribution is 5.93. The lowest BCUT2D eigenvalue weighted by Gasteiger charge is -1.90. The van der Waals surface area contributed by atoms with Crippen LogP contribution in [-0.2, 0) is 0 Å². The standard InChI is InChI=1S/C9H9N3O/c1-5-3-4-10-9-7(5)11-8(12-9)6(2)13/h3-4H,1-2H3,(H,10,11,12). The molecule has 0 saturated carbocycles. The molecule has 2 rings (SSSR count). The number of pyridine rings is 1. The molecule has 0 amide bonds. The minimum atomic E-state index is -0.0719. The topological polar surface area (TPSA) is 58.6 Å². The van der Waals surface area contributed by atoms with E-state index in [1.165, 1.54) is 6.92 Å². The van der Waals surface area contributed by atoms with Gasteiger partial charge in [0.2, 0.25) is 0 Å². The molecule has 0 atom stereocenters. The van der Waals surface area contributed by atoms with Crippen LogP contribution in [0.4, 0.5) is 0 Å². The summed E-state index contributed by atoms with van der Waals surface area (Å²) in [6, 6.07) is 1.88. The van der Waals surface area contributed by atoms with Crippen molar-refractivity contribution >= 4 is 16.9 Å². The summed E-state index contributed by atoms with van der Waals surface area (Å²) in [7, 11) is 0. The molecule has 0 aliphatic carbocycles. The molecule has 0 fully saturated rings. The highest BCUT2D eigenvalue weighted by Gasteiger charge is 2.08. The van der Waals surface area contributed by atoms with Gasteiger partial charge in [-0.05, 0) is 18.6 Å². The average molecular weight is 175 g/mol. The Balaban J connectivity index is 2.75. The fourth-order valence-corrected chi connectivity index (χ4v) is 1.20. The van der Waals surface area contributed by atoms with Gasteiger partial charge in [0.05, 0.1) is 5.52 Å². The molecule has 0 bridgehead atoms. The Kier molecular flexibility index (Phi) is 1.62. The Labute approximate surface area is 75.0 Å². The third kappa shape index (κ3) is 1.20. The second kappa shape index (κ2) is 2.65. The molecule has 0 spiro atoms. The minimum absolute atomic E-state index is 0.0719. The van der Waals surface area contributed by atoms with Crippen LogP contribution in [0.3, 0.4) is 0 Å². The SMILES string of the molecule is CC(=O)c1nc2nccc(C)c2[nH]1. The number of hydrogen-bond acceptors (Lipinski definition) is 3. The van der Waals surface area contributed by atoms with Crippen molar-refractivity contribution < 1.29 is 4.79 Å². The number of Topliss-reactive ketones (excluding diaryl/α,β-unsaturated/α-hetero) is 1. The fraction of sp³-hybridized carbons (Fsp3) is 0.222. The van der Waals surface area contributed by atoms with Crippen LogP contribution < -0.4 is 0 Å². The summed E-state index contributed by atoms with van der Waals surface area (Å²) in [6.07, 6.45) is 1.68. The van der Waals surface area contributed by atoms with Crippen molar-refractivity contribution in [3.05, 3.63) is 23.7 Å². The summed E-state index contributed by atoms with van der Waals surface area (Å²) in [4.78, 5) is 22.1. The van der Waals surface area contributed by atoms with E-state index in [0.29, 0.717) is 11.5 Å². The van der Waals surface area contributed by atoms with E-state index in [0.717, 1.165) is 11.1 Å². The maximum atomic E-state index is 11.0. The number of aryl methyl sites for hydroxylation is 1. The molecule has 0 aromatic carbocycles. The molecule has 4 nitrogen and oxygen atoms in total. The summed E-state index contributed by atoms with van der Waals surface area (Å²) in [6.45, 7) is 3.43. The van der Waals surface area contributed by atoms with Gasteiger partial charge in [0, 0.05) is 13.1 Å². The van der Waals surface area contributed by atoms with E-state index in [1.54, 1.807) is 6.20 Å². The van der Waals surface area contributed by atoms with Gasteiger partial charge in [-0.3, -0.25) is 4.79 Å². The Morgan fingerprint density at radius 2 is 2.31 bits per heavy atom. The quantitative estimate of drug-likeness (QED) is 0.667. The highest BCUT2D eigenvalue weighted by atomic mass is 16.1. The predicted octanol–water partition coefficient (Wildman–Crippen LogP) is 1.47. The van der Waals surface area contributed by atoms with Crippen molar-refractivity contribution in [3.8, 4) is 0 Å². The summed E-state index contributed by atoms with van der Waals surface area (Å²) < 4.78 is 0. The Hall–Kier alpha value is -1.71. The first-order valence-electron chi connectivity index (χ1n) is 4.01. The van der Waals surface area contributed by atoms with Gasteiger partial charge in [-0.1, -0.05) is 0 Å². The number of fused-ring (bicyclic) bond motifs is 1. The monoisotopic (exact) mass is 175 g/mol. The van der Waals surface area contributed by atoms with E-state index in [4.69, 9.17) is 0 Å². The number of carbonyl (C=O) groups is 1. The number of nitrogens with zero attached hydrogens (tertiary/aromatic N) is 2. The highest BCUT2D eigenvalue weighted by Crippen LogP contribution is 2.12. The average Bonchev–Trinajstić information content (AvgIpc) is 2.49. The van der Waals surface area contributed by atoms with Crippen molar-refractivity contribution in [2.24, 2.45) is 0 Å². The van der Waals surface area contributed by atoms with Gasteiger partial charge in [-0.2, -0.15) is 0 Å². The lowest BCUT2D eigenvalue weighted by Crippen LogP contribution is -1.93. The molecule has 2 aromatic rings. The molecule has 2 heterocycles. The zero-order valence-corrected chi connectivity index (χ0v) is 7.46. The van der Waals surface area contributed by atoms with Gasteiger partial charge in [-0.15, -0.1) is 0 Å². The van der Waals surface area contributed by atoms with E-state index in [1.807, 2.05) is 13.0 Å². The van der Waals surface area contributed by atoms with Gasteiger partial charge < -0.3 is 4.98 Å². The number of imidazole rings is 1. The number of carbonyl (C=O) groups excluding carboxylic acids is 1. The number of aromatic amines is 1. The second-order valence-electron chi connectivity index (χ2n) is 2.97. The van der Waals surface area contributed by atoms with Gasteiger partial charge in [-0.25, -0.2) is 9.97 Å². The van der Waals surface area contributed by atoms with Crippen molar-refractivity contribution in [2.75, 3.05) is 0 Å². The Morgan fingerprint density at radius 3 is 2.92 bits per heavy atom. The van der Waals surface area contributed by atoms with E-state index in [-0.39, 0.29) is 5.78 Å². The number of ketones is 1. The largest absolute Gasteiger partial charge is 0.334 e. The van der Waals surface area contributed by atoms with Crippen LogP contribution in [0.5, 0.6) is 0 Å². The second-order valence-corrected chi connectivity index (χ2v) is 2.97. The van der Waals surface area contributed by atoms with Crippen molar-refractivity contribution in [1.29, 1.82) is 0 Å². The van der Waals surface area contributed by atoms with E-state index in [2.05, 4.69) is 15.0 Å². The zero-order valence-electron chi connectivity index (χ0n) is 7.46. The molecular formula is C9H9N3O. The van der Waals surface area contributed by atoms with E-state index in [9.17, 15) is 4.79 Å². The summed E-state index contributed by atoms with van der Waals surface area (Å²) in [5.74, 6) is 0.300. The first kappa shape index (κ1) is 7.91. The molecule has 4 heteroatoms. The van der Waals surface area contributed by atoms with Crippen molar-refractivity contribution in [1.82, 2.24) is 15.0 Å². The lowest BCUT2D eigenvalue weighted by molar-refractivity contribution is 0.100. The van der Waals surface area contributed by atoms with Crippen LogP contribution in [0.15, 0.2) is 12.3 Å². The Morgan fingerprint density at radius 1 is 1.54 bits per heavy atom. The van der Waals surface area contributed by atoms with Gasteiger partial charge in [0.15, 0.2) is 17.3 Å². The molecular weight excluding hydrogens is 166 g/mol. The number of rotatable bonds is 1. The van der Waals surface area contributed by atoms with E-state index >= 15 is 0 Å². The maximum absolute atomic E-state index is 11.0. The van der Waals surface area contributed by atoms with Crippen LogP contribution in [0.25, 0.3) is 11.2 Å². The van der Waals surface area contributed by atoms with E-state index < -0.39 is 0 Å². The number of H-pyrrole nitrogens is 1. The maximum Gasteiger partial charge on any atom is 0.195 e. The van der Waals surface area contributed by atoms with Crippen molar-refractivity contribution in [2.45, 2.75) is 13.8 Å². The van der Waals surface area contributed by atoms with Gasteiger partial charge in [0.1, 0.15) is 0 Å². The summed E-state index contributed by atoms with van der Waals surface area (Å²) in [5.41, 5.74) is 2.49. The first-order valence-corrected chi connectivity index (χ1v) is 4.01. The van der Waals surface area contributed by atoms with Gasteiger partial charge >= 0.3 is 0 Å². The molecule has 0 aliphatic heterocycles. The molecule has 13 heavy (non-hydrogen) atoms. The minimum Gasteiger partial charge on any atom is -0.334 e. The van der Waals surface area contributed by atoms with Crippen LogP contribution in [0.2, 0.25) is 0 Å². The zero-order chi connectivity index (χ0) is 9.42. The molecule has 1 N–H and O–H groups in total. The number of aromatic nitrogens is 3. The molecule has 2 aromatic heterocycles. The summed E-state index contributed by atoms with van der Waals surface area (Å²) in [5, 5.41) is 0. The summed E-state index contributed by atoms with van der Waals surface area (Å²) >= 11 is 0. The smallest absolute Gasteiger partial charge is 0.195 e. The predicted molar refractivity (Wildman–Crippen MR) is 48.6 cm³/mol. The molecule has 0 unspecified atom stereocenters. The van der Waals surface area contributed by atoms with Crippen LogP contribution >= 0.6 is 0 Å². The molecule has 0 aliphatic rings. The third-order valence-corrected chi connectivity index (χ3v) is 1.93. The Bertz CT molecular complexity index is 473. The fourth-order valence-electron chi connectivity index (χ4n) is 1.20. The molecule has 0 saturated heterocycles. The van der Waals surface area contributed by atoms with Gasteiger partial charge in [0.25, 0.3) is 0 Å². The first-order chi connectivity index (χ1) is 6.18. The number of hydrogen-bond donors (Lipinski definition) is 1. The van der Waals surface area contributed by atoms with Crippen LogP contribution in [0.1, 0.15) is 23.1 Å². The third-order valence-electron chi connectivity index (χ3n) is 1.93. The molecule has 66 valence electrons. The normalized spacial score (nSPS) is 10.6. The number of nitrogens with one attached hydrogen (secondary N) is 1. The van der Waals surface area contributed by atoms with Crippen LogP contribution in [0, 0.1) is 6.92 Å². The van der Waals surface area contributed by atoms with Crippen molar-refractivity contribution in [3.63, 3.8) is 0 Å². The molecule has 0 radical (unpaired) electrons.